The molecule has 0 fully saturated rings. The van der Waals surface area contributed by atoms with Gasteiger partial charge in [-0.2, -0.15) is 0 Å². The number of aliphatic carboxylic acids is 1. The van der Waals surface area contributed by atoms with Crippen molar-refractivity contribution < 1.29 is 23.9 Å². The Hall–Kier alpha value is -2.71. The number of urea groups is 1. The molecule has 4 N–H and O–H groups in total. The Balaban J connectivity index is 2.32. The van der Waals surface area contributed by atoms with Gasteiger partial charge in [-0.3, -0.25) is 14.6 Å². The van der Waals surface area contributed by atoms with Crippen LogP contribution in [0.25, 0.3) is 0 Å². The van der Waals surface area contributed by atoms with Gasteiger partial charge in [0.15, 0.2) is 0 Å². The minimum Gasteiger partial charge on any atom is -0.480 e. The summed E-state index contributed by atoms with van der Waals surface area (Å²) in [6.07, 6.45) is 2.20. The van der Waals surface area contributed by atoms with Crippen molar-refractivity contribution in [1.82, 2.24) is 15.6 Å². The Bertz CT molecular complexity index is 494. The number of hydrogen-bond acceptors (Lipinski definition) is 4. The fourth-order valence-corrected chi connectivity index (χ4v) is 1.05. The zero-order valence-corrected chi connectivity index (χ0v) is 9.64. The van der Waals surface area contributed by atoms with Crippen LogP contribution in [0.15, 0.2) is 18.5 Å². The smallest absolute Gasteiger partial charge is 0.322 e. The lowest BCUT2D eigenvalue weighted by atomic mass is 10.4. The van der Waals surface area contributed by atoms with Gasteiger partial charge in [-0.25, -0.2) is 9.18 Å². The van der Waals surface area contributed by atoms with Gasteiger partial charge in [0.05, 0.1) is 24.6 Å². The van der Waals surface area contributed by atoms with E-state index in [1.54, 1.807) is 0 Å². The predicted molar refractivity (Wildman–Crippen MR) is 61.9 cm³/mol. The molecule has 0 saturated heterocycles. The van der Waals surface area contributed by atoms with E-state index in [4.69, 9.17) is 5.11 Å². The van der Waals surface area contributed by atoms with Crippen molar-refractivity contribution in [2.45, 2.75) is 0 Å². The second-order valence-electron chi connectivity index (χ2n) is 3.37. The summed E-state index contributed by atoms with van der Waals surface area (Å²) in [7, 11) is 0. The van der Waals surface area contributed by atoms with Crippen LogP contribution < -0.4 is 16.0 Å². The van der Waals surface area contributed by atoms with Crippen LogP contribution in [0.1, 0.15) is 0 Å². The molecule has 3 amide bonds. The lowest BCUT2D eigenvalue weighted by molar-refractivity contribution is -0.137. The number of carbonyl (C=O) groups is 3. The van der Waals surface area contributed by atoms with Crippen LogP contribution in [0.5, 0.6) is 0 Å². The van der Waals surface area contributed by atoms with Gasteiger partial charge in [0.25, 0.3) is 0 Å². The molecular formula is C10H11FN4O4. The molecule has 1 heterocycles. The van der Waals surface area contributed by atoms with E-state index in [2.05, 4.69) is 20.9 Å². The minimum absolute atomic E-state index is 0.128. The van der Waals surface area contributed by atoms with E-state index in [0.717, 1.165) is 12.3 Å². The lowest BCUT2D eigenvalue weighted by Gasteiger charge is -2.07. The van der Waals surface area contributed by atoms with Crippen LogP contribution in [0, 0.1) is 5.82 Å². The van der Waals surface area contributed by atoms with Crippen LogP contribution >= 0.6 is 0 Å². The third kappa shape index (κ3) is 5.96. The Morgan fingerprint density at radius 3 is 2.58 bits per heavy atom. The molecule has 0 aliphatic rings. The number of rotatable bonds is 5. The van der Waals surface area contributed by atoms with Crippen LogP contribution in [0.3, 0.4) is 0 Å². The maximum Gasteiger partial charge on any atom is 0.322 e. The van der Waals surface area contributed by atoms with Crippen molar-refractivity contribution in [2.24, 2.45) is 0 Å². The summed E-state index contributed by atoms with van der Waals surface area (Å²) in [5.74, 6) is -2.46. The lowest BCUT2D eigenvalue weighted by Crippen LogP contribution is -2.40. The molecule has 19 heavy (non-hydrogen) atoms. The largest absolute Gasteiger partial charge is 0.480 e. The van der Waals surface area contributed by atoms with Crippen LogP contribution in [-0.4, -0.2) is 41.1 Å². The first-order chi connectivity index (χ1) is 8.97. The molecule has 0 spiro atoms. The van der Waals surface area contributed by atoms with Crippen LogP contribution in [0.4, 0.5) is 14.9 Å². The molecule has 0 atom stereocenters. The van der Waals surface area contributed by atoms with Crippen molar-refractivity contribution in [3.63, 3.8) is 0 Å². The number of nitrogens with zero attached hydrogens (tertiary/aromatic N) is 1. The SMILES string of the molecule is O=C(O)CNC(=O)CNC(=O)Nc1cncc(F)c1. The molecule has 0 bridgehead atoms. The molecule has 0 aliphatic heterocycles. The van der Waals surface area contributed by atoms with E-state index in [9.17, 15) is 18.8 Å². The topological polar surface area (TPSA) is 120 Å². The van der Waals surface area contributed by atoms with Crippen molar-refractivity contribution in [3.05, 3.63) is 24.3 Å². The molecule has 0 saturated carbocycles. The average Bonchev–Trinajstić information content (AvgIpc) is 2.34. The third-order valence-corrected chi connectivity index (χ3v) is 1.81. The Labute approximate surface area is 107 Å². The number of nitrogens with one attached hydrogen (secondary N) is 3. The summed E-state index contributed by atoms with van der Waals surface area (Å²) in [6, 6.07) is 0.315. The second-order valence-corrected chi connectivity index (χ2v) is 3.37. The molecular weight excluding hydrogens is 259 g/mol. The first kappa shape index (κ1) is 14.4. The van der Waals surface area contributed by atoms with Crippen molar-refractivity contribution in [2.75, 3.05) is 18.4 Å². The molecule has 9 heteroatoms. The van der Waals surface area contributed by atoms with Crippen LogP contribution in [-0.2, 0) is 9.59 Å². The van der Waals surface area contributed by atoms with Gasteiger partial charge in [-0.1, -0.05) is 0 Å². The highest BCUT2D eigenvalue weighted by molar-refractivity contribution is 5.92. The molecule has 0 radical (unpaired) electrons. The standard InChI is InChI=1S/C10H11FN4O4/c11-6-1-7(3-12-2-6)15-10(19)14-4-8(16)13-5-9(17)18/h1-3H,4-5H2,(H,13,16)(H,17,18)(H2,14,15,19). The molecule has 102 valence electrons. The highest BCUT2D eigenvalue weighted by atomic mass is 19.1. The monoisotopic (exact) mass is 270 g/mol. The molecule has 0 aromatic carbocycles. The zero-order chi connectivity index (χ0) is 14.3. The van der Waals surface area contributed by atoms with Crippen LogP contribution in [0.2, 0.25) is 0 Å². The van der Waals surface area contributed by atoms with E-state index in [0.29, 0.717) is 0 Å². The third-order valence-electron chi connectivity index (χ3n) is 1.81. The second kappa shape index (κ2) is 6.89. The summed E-state index contributed by atoms with van der Waals surface area (Å²) in [5.41, 5.74) is 0.128. The van der Waals surface area contributed by atoms with E-state index in [1.807, 2.05) is 0 Å². The Morgan fingerprint density at radius 1 is 1.21 bits per heavy atom. The first-order valence-electron chi connectivity index (χ1n) is 5.11. The van der Waals surface area contributed by atoms with Gasteiger partial charge in [0.2, 0.25) is 5.91 Å². The van der Waals surface area contributed by atoms with E-state index in [-0.39, 0.29) is 5.69 Å². The summed E-state index contributed by atoms with van der Waals surface area (Å²) in [6.45, 7) is -0.933. The molecule has 0 unspecified atom stereocenters. The highest BCUT2D eigenvalue weighted by Crippen LogP contribution is 2.05. The van der Waals surface area contributed by atoms with Crippen molar-refractivity contribution >= 4 is 23.6 Å². The number of carboxylic acid groups (broad SMARTS) is 1. The van der Waals surface area contributed by atoms with Gasteiger partial charge >= 0.3 is 12.0 Å². The number of amides is 3. The number of anilines is 1. The van der Waals surface area contributed by atoms with Gasteiger partial charge in [-0.05, 0) is 0 Å². The predicted octanol–water partition coefficient (Wildman–Crippen LogP) is -0.457. The molecule has 1 rings (SSSR count). The summed E-state index contributed by atoms with van der Waals surface area (Å²) < 4.78 is 12.8. The minimum atomic E-state index is -1.19. The maximum atomic E-state index is 12.8. The number of aromatic nitrogens is 1. The molecule has 1 aromatic heterocycles. The normalized spacial score (nSPS) is 9.53. The summed E-state index contributed by atoms with van der Waals surface area (Å²) in [5, 5.41) is 14.8. The summed E-state index contributed by atoms with van der Waals surface area (Å²) >= 11 is 0. The van der Waals surface area contributed by atoms with Crippen molar-refractivity contribution in [1.29, 1.82) is 0 Å². The molecule has 0 aliphatic carbocycles. The number of pyridine rings is 1. The number of carboxylic acids is 1. The van der Waals surface area contributed by atoms with Gasteiger partial charge < -0.3 is 21.1 Å². The number of halogens is 1. The van der Waals surface area contributed by atoms with Gasteiger partial charge in [0, 0.05) is 6.07 Å². The quantitative estimate of drug-likeness (QED) is 0.577. The summed E-state index contributed by atoms with van der Waals surface area (Å²) in [4.78, 5) is 36.0. The highest BCUT2D eigenvalue weighted by Gasteiger charge is 2.07. The molecule has 1 aromatic rings. The van der Waals surface area contributed by atoms with Gasteiger partial charge in [-0.15, -0.1) is 0 Å². The zero-order valence-electron chi connectivity index (χ0n) is 9.64. The first-order valence-corrected chi connectivity index (χ1v) is 5.11. The average molecular weight is 270 g/mol. The van der Waals surface area contributed by atoms with E-state index < -0.39 is 36.8 Å². The molecule has 8 nitrogen and oxygen atoms in total. The Morgan fingerprint density at radius 2 is 1.95 bits per heavy atom. The Kier molecular flexibility index (Phi) is 5.20. The van der Waals surface area contributed by atoms with Gasteiger partial charge in [0.1, 0.15) is 12.4 Å². The maximum absolute atomic E-state index is 12.8. The fourth-order valence-electron chi connectivity index (χ4n) is 1.05. The number of hydrogen-bond donors (Lipinski definition) is 4. The number of carbonyl (C=O) groups excluding carboxylic acids is 2. The van der Waals surface area contributed by atoms with E-state index in [1.165, 1.54) is 6.20 Å². The van der Waals surface area contributed by atoms with E-state index >= 15 is 0 Å². The van der Waals surface area contributed by atoms with Crippen molar-refractivity contribution in [3.8, 4) is 0 Å². The fraction of sp³-hybridized carbons (Fsp3) is 0.200.